The Balaban J connectivity index is 1.65. The Labute approximate surface area is 158 Å². The number of hydrogen-bond donors (Lipinski definition) is 0. The average molecular weight is 357 g/mol. The maximum Gasteiger partial charge on any atom is 0.266 e. The van der Waals surface area contributed by atoms with Crippen LogP contribution in [0.15, 0.2) is 60.7 Å². The van der Waals surface area contributed by atoms with Gasteiger partial charge in [-0.05, 0) is 74.4 Å². The molecular formula is C23H19NO3. The first kappa shape index (κ1) is 17.0. The van der Waals surface area contributed by atoms with E-state index in [9.17, 15) is 9.59 Å². The van der Waals surface area contributed by atoms with Crippen molar-refractivity contribution in [2.75, 3.05) is 4.90 Å². The summed E-state index contributed by atoms with van der Waals surface area (Å²) in [6.45, 7) is 6.02. The van der Waals surface area contributed by atoms with Crippen LogP contribution in [0.1, 0.15) is 37.4 Å². The van der Waals surface area contributed by atoms with Crippen molar-refractivity contribution in [3.8, 4) is 11.5 Å². The molecule has 2 amide bonds. The second kappa shape index (κ2) is 6.40. The summed E-state index contributed by atoms with van der Waals surface area (Å²) < 4.78 is 5.90. The largest absolute Gasteiger partial charge is 0.457 e. The van der Waals surface area contributed by atoms with Crippen molar-refractivity contribution in [2.45, 2.75) is 20.8 Å². The zero-order valence-corrected chi connectivity index (χ0v) is 15.4. The number of nitrogens with zero attached hydrogens (tertiary/aromatic N) is 1. The van der Waals surface area contributed by atoms with Gasteiger partial charge in [-0.1, -0.05) is 23.8 Å². The maximum absolute atomic E-state index is 12.8. The number of carbonyl (C=O) groups is 2. The summed E-state index contributed by atoms with van der Waals surface area (Å²) in [5.74, 6) is 0.593. The fraction of sp³-hybridized carbons (Fsp3) is 0.130. The highest BCUT2D eigenvalue weighted by molar-refractivity contribution is 6.34. The highest BCUT2D eigenvalue weighted by atomic mass is 16.5. The van der Waals surface area contributed by atoms with Crippen molar-refractivity contribution in [2.24, 2.45) is 0 Å². The Bertz CT molecular complexity index is 1070. The molecule has 1 aliphatic rings. The molecular weight excluding hydrogens is 338 g/mol. The number of fused-ring (bicyclic) bond motifs is 1. The van der Waals surface area contributed by atoms with E-state index < -0.39 is 0 Å². The van der Waals surface area contributed by atoms with Crippen LogP contribution in [-0.2, 0) is 0 Å². The Morgan fingerprint density at radius 2 is 1.30 bits per heavy atom. The molecule has 1 aliphatic heterocycles. The van der Waals surface area contributed by atoms with Crippen molar-refractivity contribution in [3.05, 3.63) is 88.5 Å². The normalized spacial score (nSPS) is 13.1. The van der Waals surface area contributed by atoms with Gasteiger partial charge in [0.25, 0.3) is 11.8 Å². The fourth-order valence-corrected chi connectivity index (χ4v) is 3.13. The van der Waals surface area contributed by atoms with Crippen molar-refractivity contribution in [3.63, 3.8) is 0 Å². The minimum absolute atomic E-state index is 0.309. The van der Waals surface area contributed by atoms with E-state index in [4.69, 9.17) is 4.74 Å². The quantitative estimate of drug-likeness (QED) is 0.605. The van der Waals surface area contributed by atoms with E-state index in [1.807, 2.05) is 51.1 Å². The van der Waals surface area contributed by atoms with Crippen LogP contribution >= 0.6 is 0 Å². The third-order valence-corrected chi connectivity index (χ3v) is 4.86. The molecule has 27 heavy (non-hydrogen) atoms. The van der Waals surface area contributed by atoms with E-state index in [2.05, 4.69) is 0 Å². The molecule has 0 aliphatic carbocycles. The molecule has 4 nitrogen and oxygen atoms in total. The predicted molar refractivity (Wildman–Crippen MR) is 105 cm³/mol. The predicted octanol–water partition coefficient (Wildman–Crippen LogP) is 5.20. The van der Waals surface area contributed by atoms with Crippen LogP contribution in [0.25, 0.3) is 0 Å². The summed E-state index contributed by atoms with van der Waals surface area (Å²) in [6, 6.07) is 18.2. The Kier molecular flexibility index (Phi) is 4.04. The van der Waals surface area contributed by atoms with Gasteiger partial charge in [-0.3, -0.25) is 9.59 Å². The lowest BCUT2D eigenvalue weighted by atomic mass is 10.1. The van der Waals surface area contributed by atoms with Crippen molar-refractivity contribution >= 4 is 17.5 Å². The Morgan fingerprint density at radius 3 is 2.00 bits per heavy atom. The molecule has 0 saturated carbocycles. The molecule has 0 N–H and O–H groups in total. The molecule has 3 aromatic rings. The number of carbonyl (C=O) groups excluding carboxylic acids is 2. The van der Waals surface area contributed by atoms with E-state index in [0.29, 0.717) is 28.3 Å². The summed E-state index contributed by atoms with van der Waals surface area (Å²) in [4.78, 5) is 26.8. The van der Waals surface area contributed by atoms with Gasteiger partial charge in [0.2, 0.25) is 0 Å². The first-order valence-electron chi connectivity index (χ1n) is 8.78. The van der Waals surface area contributed by atoms with Gasteiger partial charge in [0.15, 0.2) is 0 Å². The lowest BCUT2D eigenvalue weighted by Gasteiger charge is -2.13. The zero-order chi connectivity index (χ0) is 19.1. The smallest absolute Gasteiger partial charge is 0.266 e. The Morgan fingerprint density at radius 1 is 0.667 bits per heavy atom. The average Bonchev–Trinajstić information content (AvgIpc) is 2.90. The second-order valence-corrected chi connectivity index (χ2v) is 6.84. The van der Waals surface area contributed by atoms with Gasteiger partial charge in [-0.15, -0.1) is 0 Å². The third kappa shape index (κ3) is 2.99. The summed E-state index contributed by atoms with van der Waals surface area (Å²) in [6.07, 6.45) is 0. The van der Waals surface area contributed by atoms with Crippen molar-refractivity contribution < 1.29 is 14.3 Å². The van der Waals surface area contributed by atoms with Gasteiger partial charge >= 0.3 is 0 Å². The molecule has 0 spiro atoms. The number of rotatable bonds is 3. The van der Waals surface area contributed by atoms with E-state index in [1.165, 1.54) is 10.5 Å². The van der Waals surface area contributed by atoms with Crippen LogP contribution in [0, 0.1) is 20.8 Å². The third-order valence-electron chi connectivity index (χ3n) is 4.86. The molecule has 0 radical (unpaired) electrons. The van der Waals surface area contributed by atoms with Crippen LogP contribution in [0.3, 0.4) is 0 Å². The summed E-state index contributed by atoms with van der Waals surface area (Å²) >= 11 is 0. The minimum Gasteiger partial charge on any atom is -0.457 e. The number of amides is 2. The summed E-state index contributed by atoms with van der Waals surface area (Å²) in [7, 11) is 0. The summed E-state index contributed by atoms with van der Waals surface area (Å²) in [5, 5.41) is 0. The van der Waals surface area contributed by atoms with Gasteiger partial charge < -0.3 is 4.74 Å². The molecule has 4 rings (SSSR count). The lowest BCUT2D eigenvalue weighted by Crippen LogP contribution is -2.29. The van der Waals surface area contributed by atoms with Gasteiger partial charge in [0.05, 0.1) is 16.8 Å². The lowest BCUT2D eigenvalue weighted by molar-refractivity contribution is 0.0926. The number of ether oxygens (including phenoxy) is 1. The van der Waals surface area contributed by atoms with Crippen molar-refractivity contribution in [1.82, 2.24) is 0 Å². The zero-order valence-electron chi connectivity index (χ0n) is 15.4. The van der Waals surface area contributed by atoms with Gasteiger partial charge in [0.1, 0.15) is 11.5 Å². The fourth-order valence-electron chi connectivity index (χ4n) is 3.13. The van der Waals surface area contributed by atoms with E-state index in [-0.39, 0.29) is 11.8 Å². The molecule has 0 unspecified atom stereocenters. The minimum atomic E-state index is -0.329. The molecule has 4 heteroatoms. The molecule has 0 saturated heterocycles. The molecule has 0 fully saturated rings. The number of anilines is 1. The van der Waals surface area contributed by atoms with Crippen LogP contribution < -0.4 is 9.64 Å². The van der Waals surface area contributed by atoms with E-state index in [1.54, 1.807) is 30.3 Å². The number of aryl methyl sites for hydroxylation is 3. The molecule has 134 valence electrons. The SMILES string of the molecule is Cc1ccc(N2C(=O)c3ccc(Oc4ccc(C)c(C)c4)cc3C2=O)cc1. The van der Waals surface area contributed by atoms with Crippen LogP contribution in [0.5, 0.6) is 11.5 Å². The van der Waals surface area contributed by atoms with E-state index in [0.717, 1.165) is 11.1 Å². The highest BCUT2D eigenvalue weighted by Crippen LogP contribution is 2.32. The Hall–Kier alpha value is -3.40. The summed E-state index contributed by atoms with van der Waals surface area (Å²) in [5.41, 5.74) is 4.72. The number of hydrogen-bond acceptors (Lipinski definition) is 3. The molecule has 0 aromatic heterocycles. The van der Waals surface area contributed by atoms with E-state index >= 15 is 0 Å². The second-order valence-electron chi connectivity index (χ2n) is 6.84. The molecule has 3 aromatic carbocycles. The van der Waals surface area contributed by atoms with Gasteiger partial charge in [-0.2, -0.15) is 0 Å². The standard InChI is InChI=1S/C23H19NO3/c1-14-4-7-17(8-5-14)24-22(25)20-11-10-19(13-21(20)23(24)26)27-18-9-6-15(2)16(3)12-18/h4-13H,1-3H3. The first-order valence-corrected chi connectivity index (χ1v) is 8.78. The molecule has 0 bridgehead atoms. The van der Waals surface area contributed by atoms with Gasteiger partial charge in [-0.25, -0.2) is 4.90 Å². The first-order chi connectivity index (χ1) is 12.9. The molecule has 0 atom stereocenters. The number of benzene rings is 3. The highest BCUT2D eigenvalue weighted by Gasteiger charge is 2.36. The maximum atomic E-state index is 12.8. The van der Waals surface area contributed by atoms with Crippen LogP contribution in [-0.4, -0.2) is 11.8 Å². The topological polar surface area (TPSA) is 46.6 Å². The molecule has 1 heterocycles. The van der Waals surface area contributed by atoms with Gasteiger partial charge in [0, 0.05) is 0 Å². The van der Waals surface area contributed by atoms with Crippen molar-refractivity contribution in [1.29, 1.82) is 0 Å². The van der Waals surface area contributed by atoms with Crippen LogP contribution in [0.4, 0.5) is 5.69 Å². The number of imide groups is 1. The van der Waals surface area contributed by atoms with Crippen LogP contribution in [0.2, 0.25) is 0 Å². The monoisotopic (exact) mass is 357 g/mol.